The number of rotatable bonds is 6. The average molecular weight is 240 g/mol. The second kappa shape index (κ2) is 6.31. The molecule has 0 aromatic carbocycles. The summed E-state index contributed by atoms with van der Waals surface area (Å²) in [5.74, 6) is -0.283. The molecule has 1 aliphatic rings. The maximum atomic E-state index is 12.0. The van der Waals surface area contributed by atoms with Crippen LogP contribution in [0.4, 0.5) is 0 Å². The summed E-state index contributed by atoms with van der Waals surface area (Å²) in [5, 5.41) is 19.8. The minimum atomic E-state index is -0.574. The molecule has 4 atom stereocenters. The van der Waals surface area contributed by atoms with E-state index < -0.39 is 6.10 Å². The minimum Gasteiger partial charge on any atom is -0.393 e. The van der Waals surface area contributed by atoms with Gasteiger partial charge in [-0.25, -0.2) is 0 Å². The number of ketones is 1. The van der Waals surface area contributed by atoms with Crippen LogP contribution in [-0.2, 0) is 4.79 Å². The van der Waals surface area contributed by atoms with Gasteiger partial charge in [0, 0.05) is 0 Å². The number of Topliss-reactive ketones (excluding diaryl/α,β-unsaturated/α-hetero) is 1. The molecule has 2 unspecified atom stereocenters. The van der Waals surface area contributed by atoms with Crippen molar-refractivity contribution in [3.8, 4) is 0 Å². The second-order valence-electron chi connectivity index (χ2n) is 5.06. The number of carbonyl (C=O) groups is 1. The quantitative estimate of drug-likeness (QED) is 0.747. The van der Waals surface area contributed by atoms with Crippen molar-refractivity contribution in [3.05, 3.63) is 11.6 Å². The average Bonchev–Trinajstić information content (AvgIpc) is 2.54. The van der Waals surface area contributed by atoms with Crippen molar-refractivity contribution in [3.63, 3.8) is 0 Å². The number of aliphatic hydroxyl groups is 2. The molecule has 17 heavy (non-hydrogen) atoms. The first-order valence-corrected chi connectivity index (χ1v) is 6.60. The molecule has 1 rings (SSSR count). The van der Waals surface area contributed by atoms with Crippen molar-refractivity contribution in [1.29, 1.82) is 0 Å². The Bertz CT molecular complexity index is 296. The Morgan fingerprint density at radius 2 is 2.00 bits per heavy atom. The number of carbonyl (C=O) groups excluding carboxylic acids is 1. The standard InChI is InChI=1S/C14H24O3/c1-4-6-12(16)13-10(8-11(15)5-2)7-9(3)14(13)17/h7,10-13,15-16H,4-6,8H2,1-3H3/t10-,11?,12?,13+/m0/s1. The fourth-order valence-electron chi connectivity index (χ4n) is 2.60. The molecule has 0 saturated carbocycles. The lowest BCUT2D eigenvalue weighted by Crippen LogP contribution is -2.32. The van der Waals surface area contributed by atoms with E-state index in [-0.39, 0.29) is 23.7 Å². The maximum absolute atomic E-state index is 12.0. The highest BCUT2D eigenvalue weighted by atomic mass is 16.3. The van der Waals surface area contributed by atoms with Gasteiger partial charge in [0.15, 0.2) is 5.78 Å². The Morgan fingerprint density at radius 1 is 1.35 bits per heavy atom. The van der Waals surface area contributed by atoms with Crippen molar-refractivity contribution in [1.82, 2.24) is 0 Å². The molecular formula is C14H24O3. The first-order valence-electron chi connectivity index (χ1n) is 6.60. The Morgan fingerprint density at radius 3 is 2.53 bits per heavy atom. The van der Waals surface area contributed by atoms with Crippen LogP contribution in [0.1, 0.15) is 46.5 Å². The molecule has 0 aliphatic heterocycles. The smallest absolute Gasteiger partial charge is 0.164 e. The molecule has 0 fully saturated rings. The third-order valence-corrected chi connectivity index (χ3v) is 3.63. The predicted molar refractivity (Wildman–Crippen MR) is 67.6 cm³/mol. The Balaban J connectivity index is 2.74. The van der Waals surface area contributed by atoms with Crippen LogP contribution in [0, 0.1) is 11.8 Å². The van der Waals surface area contributed by atoms with Gasteiger partial charge in [0.1, 0.15) is 0 Å². The fraction of sp³-hybridized carbons (Fsp3) is 0.786. The molecule has 0 bridgehead atoms. The number of hydrogen-bond acceptors (Lipinski definition) is 3. The van der Waals surface area contributed by atoms with Crippen LogP contribution in [-0.4, -0.2) is 28.2 Å². The van der Waals surface area contributed by atoms with Crippen LogP contribution in [0.2, 0.25) is 0 Å². The summed E-state index contributed by atoms with van der Waals surface area (Å²) in [6, 6.07) is 0. The molecule has 0 radical (unpaired) electrons. The van der Waals surface area contributed by atoms with E-state index in [0.717, 1.165) is 12.0 Å². The van der Waals surface area contributed by atoms with Gasteiger partial charge in [-0.2, -0.15) is 0 Å². The highest BCUT2D eigenvalue weighted by Crippen LogP contribution is 2.34. The first-order chi connectivity index (χ1) is 8.01. The highest BCUT2D eigenvalue weighted by molar-refractivity contribution is 5.99. The number of aliphatic hydroxyl groups excluding tert-OH is 2. The van der Waals surface area contributed by atoms with Gasteiger partial charge < -0.3 is 10.2 Å². The summed E-state index contributed by atoms with van der Waals surface area (Å²) in [6.45, 7) is 5.72. The number of hydrogen-bond donors (Lipinski definition) is 2. The zero-order valence-electron chi connectivity index (χ0n) is 11.0. The molecule has 3 nitrogen and oxygen atoms in total. The fourth-order valence-corrected chi connectivity index (χ4v) is 2.60. The number of allylic oxidation sites excluding steroid dienone is 2. The maximum Gasteiger partial charge on any atom is 0.164 e. The van der Waals surface area contributed by atoms with E-state index in [1.165, 1.54) is 0 Å². The molecule has 1 aliphatic carbocycles. The van der Waals surface area contributed by atoms with E-state index in [1.807, 2.05) is 19.9 Å². The van der Waals surface area contributed by atoms with E-state index in [0.29, 0.717) is 19.3 Å². The van der Waals surface area contributed by atoms with Crippen LogP contribution in [0.3, 0.4) is 0 Å². The molecule has 0 aromatic heterocycles. The van der Waals surface area contributed by atoms with Gasteiger partial charge in [-0.1, -0.05) is 26.3 Å². The van der Waals surface area contributed by atoms with Crippen molar-refractivity contribution in [2.75, 3.05) is 0 Å². The molecule has 0 aromatic rings. The molecule has 0 spiro atoms. The van der Waals surface area contributed by atoms with Crippen LogP contribution in [0.25, 0.3) is 0 Å². The Kier molecular flexibility index (Phi) is 5.34. The highest BCUT2D eigenvalue weighted by Gasteiger charge is 2.38. The molecule has 0 saturated heterocycles. The third kappa shape index (κ3) is 3.39. The van der Waals surface area contributed by atoms with Gasteiger partial charge in [-0.05, 0) is 37.7 Å². The van der Waals surface area contributed by atoms with E-state index in [4.69, 9.17) is 0 Å². The lowest BCUT2D eigenvalue weighted by atomic mass is 9.83. The van der Waals surface area contributed by atoms with Crippen molar-refractivity contribution in [2.24, 2.45) is 11.8 Å². The van der Waals surface area contributed by atoms with Gasteiger partial charge in [0.2, 0.25) is 0 Å². The van der Waals surface area contributed by atoms with Crippen molar-refractivity contribution >= 4 is 5.78 Å². The van der Waals surface area contributed by atoms with E-state index in [2.05, 4.69) is 0 Å². The van der Waals surface area contributed by atoms with Gasteiger partial charge in [-0.15, -0.1) is 0 Å². The Hall–Kier alpha value is -0.670. The summed E-state index contributed by atoms with van der Waals surface area (Å²) < 4.78 is 0. The van der Waals surface area contributed by atoms with Gasteiger partial charge in [0.05, 0.1) is 18.1 Å². The third-order valence-electron chi connectivity index (χ3n) is 3.63. The van der Waals surface area contributed by atoms with Crippen LogP contribution < -0.4 is 0 Å². The van der Waals surface area contributed by atoms with E-state index in [1.54, 1.807) is 6.92 Å². The van der Waals surface area contributed by atoms with E-state index >= 15 is 0 Å². The Labute approximate surface area is 104 Å². The van der Waals surface area contributed by atoms with Gasteiger partial charge in [-0.3, -0.25) is 4.79 Å². The molecular weight excluding hydrogens is 216 g/mol. The van der Waals surface area contributed by atoms with Gasteiger partial charge in [0.25, 0.3) is 0 Å². The zero-order valence-corrected chi connectivity index (χ0v) is 11.0. The topological polar surface area (TPSA) is 57.5 Å². The summed E-state index contributed by atoms with van der Waals surface area (Å²) >= 11 is 0. The van der Waals surface area contributed by atoms with Crippen LogP contribution >= 0.6 is 0 Å². The summed E-state index contributed by atoms with van der Waals surface area (Å²) in [7, 11) is 0. The van der Waals surface area contributed by atoms with Crippen LogP contribution in [0.15, 0.2) is 11.6 Å². The van der Waals surface area contributed by atoms with E-state index in [9.17, 15) is 15.0 Å². The van der Waals surface area contributed by atoms with Crippen LogP contribution in [0.5, 0.6) is 0 Å². The lowest BCUT2D eigenvalue weighted by Gasteiger charge is -2.24. The summed E-state index contributed by atoms with van der Waals surface area (Å²) in [6.07, 6.45) is 3.74. The molecule has 3 heteroatoms. The monoisotopic (exact) mass is 240 g/mol. The largest absolute Gasteiger partial charge is 0.393 e. The summed E-state index contributed by atoms with van der Waals surface area (Å²) in [5.41, 5.74) is 0.735. The normalized spacial score (nSPS) is 28.1. The molecule has 0 heterocycles. The molecule has 98 valence electrons. The summed E-state index contributed by atoms with van der Waals surface area (Å²) in [4.78, 5) is 12.0. The SMILES string of the molecule is CCCC(O)[C@@H]1C(=O)C(C)=C[C@H]1CC(O)CC. The van der Waals surface area contributed by atoms with Gasteiger partial charge >= 0.3 is 0 Å². The lowest BCUT2D eigenvalue weighted by molar-refractivity contribution is -0.123. The second-order valence-corrected chi connectivity index (χ2v) is 5.06. The van der Waals surface area contributed by atoms with Crippen molar-refractivity contribution in [2.45, 2.75) is 58.7 Å². The predicted octanol–water partition coefficient (Wildman–Crippen LogP) is 2.07. The molecule has 2 N–H and O–H groups in total. The molecule has 0 amide bonds. The van der Waals surface area contributed by atoms with Crippen molar-refractivity contribution < 1.29 is 15.0 Å². The minimum absolute atomic E-state index is 0.000926. The first kappa shape index (κ1) is 14.4. The zero-order chi connectivity index (χ0) is 13.0.